The summed E-state index contributed by atoms with van der Waals surface area (Å²) in [7, 11) is 0. The van der Waals surface area contributed by atoms with Crippen LogP contribution in [0.2, 0.25) is 0 Å². The van der Waals surface area contributed by atoms with Crippen LogP contribution >= 0.6 is 0 Å². The molecule has 0 saturated carbocycles. The molecule has 3 aromatic rings. The standard InChI is InChI=1S/C19H16N2O3/c22-18(12-13-19(23)24)21-16-9-5-4-8-15(16)20-17(21)11-10-14-6-2-1-3-7-14/h1-11H,12-13H2,(H,23,24). The predicted octanol–water partition coefficient (Wildman–Crippen LogP) is 3.71. The number of fused-ring (bicyclic) bond motifs is 1. The molecule has 1 N–H and O–H groups in total. The fraction of sp³-hybridized carbons (Fsp3) is 0.105. The largest absolute Gasteiger partial charge is 0.481 e. The van der Waals surface area contributed by atoms with E-state index < -0.39 is 5.97 Å². The van der Waals surface area contributed by atoms with E-state index in [1.165, 1.54) is 4.57 Å². The average molecular weight is 320 g/mol. The monoisotopic (exact) mass is 320 g/mol. The van der Waals surface area contributed by atoms with Crippen molar-refractivity contribution in [2.24, 2.45) is 0 Å². The van der Waals surface area contributed by atoms with Gasteiger partial charge in [-0.15, -0.1) is 0 Å². The van der Waals surface area contributed by atoms with Crippen molar-refractivity contribution in [2.45, 2.75) is 12.8 Å². The number of benzene rings is 2. The number of nitrogens with zero attached hydrogens (tertiary/aromatic N) is 2. The summed E-state index contributed by atoms with van der Waals surface area (Å²) in [4.78, 5) is 27.7. The number of rotatable bonds is 5. The van der Waals surface area contributed by atoms with Gasteiger partial charge < -0.3 is 5.11 Å². The maximum atomic E-state index is 12.5. The zero-order valence-electron chi connectivity index (χ0n) is 12.9. The van der Waals surface area contributed by atoms with Crippen LogP contribution in [-0.4, -0.2) is 26.5 Å². The minimum absolute atomic E-state index is 0.0676. The van der Waals surface area contributed by atoms with Crippen LogP contribution in [0.3, 0.4) is 0 Å². The Hall–Kier alpha value is -3.21. The number of aromatic nitrogens is 2. The molecule has 0 bridgehead atoms. The lowest BCUT2D eigenvalue weighted by Gasteiger charge is -2.04. The van der Waals surface area contributed by atoms with E-state index in [4.69, 9.17) is 5.11 Å². The van der Waals surface area contributed by atoms with Crippen molar-refractivity contribution in [3.63, 3.8) is 0 Å². The molecule has 0 amide bonds. The van der Waals surface area contributed by atoms with Gasteiger partial charge in [-0.3, -0.25) is 14.2 Å². The molecular formula is C19H16N2O3. The van der Waals surface area contributed by atoms with Crippen molar-refractivity contribution >= 4 is 35.1 Å². The van der Waals surface area contributed by atoms with Crippen LogP contribution in [0.4, 0.5) is 0 Å². The third kappa shape index (κ3) is 3.41. The summed E-state index contributed by atoms with van der Waals surface area (Å²) >= 11 is 0. The van der Waals surface area contributed by atoms with E-state index in [1.807, 2.05) is 54.6 Å². The van der Waals surface area contributed by atoms with E-state index in [0.29, 0.717) is 16.9 Å². The summed E-state index contributed by atoms with van der Waals surface area (Å²) in [6, 6.07) is 17.0. The first-order chi connectivity index (χ1) is 11.6. The highest BCUT2D eigenvalue weighted by Crippen LogP contribution is 2.19. The molecule has 5 heteroatoms. The molecule has 0 aliphatic rings. The van der Waals surface area contributed by atoms with Crippen molar-refractivity contribution in [1.29, 1.82) is 0 Å². The Labute approximate surface area is 138 Å². The highest BCUT2D eigenvalue weighted by Gasteiger charge is 2.15. The Morgan fingerprint density at radius 1 is 0.958 bits per heavy atom. The van der Waals surface area contributed by atoms with E-state index in [0.717, 1.165) is 5.56 Å². The fourth-order valence-electron chi connectivity index (χ4n) is 2.48. The van der Waals surface area contributed by atoms with Gasteiger partial charge in [-0.2, -0.15) is 0 Å². The van der Waals surface area contributed by atoms with Crippen LogP contribution in [0.1, 0.15) is 29.0 Å². The first-order valence-electron chi connectivity index (χ1n) is 7.61. The molecule has 0 atom stereocenters. The highest BCUT2D eigenvalue weighted by molar-refractivity contribution is 5.94. The number of carbonyl (C=O) groups is 2. The lowest BCUT2D eigenvalue weighted by Crippen LogP contribution is -2.13. The van der Waals surface area contributed by atoms with E-state index in [2.05, 4.69) is 4.98 Å². The summed E-state index contributed by atoms with van der Waals surface area (Å²) < 4.78 is 1.48. The average Bonchev–Trinajstić information content (AvgIpc) is 2.97. The van der Waals surface area contributed by atoms with Crippen molar-refractivity contribution < 1.29 is 14.7 Å². The van der Waals surface area contributed by atoms with Gasteiger partial charge in [-0.1, -0.05) is 48.5 Å². The quantitative estimate of drug-likeness (QED) is 0.778. The lowest BCUT2D eigenvalue weighted by molar-refractivity contribution is -0.136. The van der Waals surface area contributed by atoms with Crippen LogP contribution < -0.4 is 0 Å². The Balaban J connectivity index is 2.00. The van der Waals surface area contributed by atoms with Gasteiger partial charge in [-0.25, -0.2) is 4.98 Å². The first-order valence-corrected chi connectivity index (χ1v) is 7.61. The Morgan fingerprint density at radius 2 is 1.67 bits per heavy atom. The summed E-state index contributed by atoms with van der Waals surface area (Å²) in [6.07, 6.45) is 3.38. The molecular weight excluding hydrogens is 304 g/mol. The van der Waals surface area contributed by atoms with Gasteiger partial charge in [0.05, 0.1) is 17.5 Å². The van der Waals surface area contributed by atoms with Gasteiger partial charge in [0, 0.05) is 6.42 Å². The first kappa shape index (κ1) is 15.7. The molecule has 0 radical (unpaired) electrons. The number of carboxylic acid groups (broad SMARTS) is 1. The van der Waals surface area contributed by atoms with Crippen molar-refractivity contribution in [2.75, 3.05) is 0 Å². The summed E-state index contributed by atoms with van der Waals surface area (Å²) in [5, 5.41) is 8.80. The van der Waals surface area contributed by atoms with Gasteiger partial charge in [0.25, 0.3) is 0 Å². The Bertz CT molecular complexity index is 911. The highest BCUT2D eigenvalue weighted by atomic mass is 16.4. The van der Waals surface area contributed by atoms with Crippen molar-refractivity contribution in [1.82, 2.24) is 9.55 Å². The second-order valence-electron chi connectivity index (χ2n) is 5.33. The van der Waals surface area contributed by atoms with Crippen LogP contribution in [0.15, 0.2) is 54.6 Å². The lowest BCUT2D eigenvalue weighted by atomic mass is 10.2. The van der Waals surface area contributed by atoms with Gasteiger partial charge in [0.15, 0.2) is 0 Å². The van der Waals surface area contributed by atoms with Gasteiger partial charge >= 0.3 is 5.97 Å². The third-order valence-electron chi connectivity index (χ3n) is 3.61. The molecule has 0 saturated heterocycles. The van der Waals surface area contributed by atoms with E-state index in [-0.39, 0.29) is 18.7 Å². The Morgan fingerprint density at radius 3 is 2.42 bits per heavy atom. The minimum atomic E-state index is -0.992. The van der Waals surface area contributed by atoms with E-state index >= 15 is 0 Å². The molecule has 0 spiro atoms. The van der Waals surface area contributed by atoms with Crippen LogP contribution in [0, 0.1) is 0 Å². The summed E-state index contributed by atoms with van der Waals surface area (Å²) in [5.74, 6) is -0.775. The maximum absolute atomic E-state index is 12.5. The molecule has 0 unspecified atom stereocenters. The smallest absolute Gasteiger partial charge is 0.303 e. The summed E-state index contributed by atoms with van der Waals surface area (Å²) in [5.41, 5.74) is 2.38. The molecule has 5 nitrogen and oxygen atoms in total. The number of para-hydroxylation sites is 2. The topological polar surface area (TPSA) is 72.2 Å². The zero-order chi connectivity index (χ0) is 16.9. The second kappa shape index (κ2) is 6.91. The molecule has 1 aromatic heterocycles. The van der Waals surface area contributed by atoms with Gasteiger partial charge in [-0.05, 0) is 23.8 Å². The predicted molar refractivity (Wildman–Crippen MR) is 92.6 cm³/mol. The van der Waals surface area contributed by atoms with Gasteiger partial charge in [0.1, 0.15) is 5.82 Å². The number of hydrogen-bond donors (Lipinski definition) is 1. The second-order valence-corrected chi connectivity index (χ2v) is 5.33. The van der Waals surface area contributed by atoms with Gasteiger partial charge in [0.2, 0.25) is 5.91 Å². The summed E-state index contributed by atoms with van der Waals surface area (Å²) in [6.45, 7) is 0. The van der Waals surface area contributed by atoms with Crippen molar-refractivity contribution in [3.8, 4) is 0 Å². The number of carboxylic acids is 1. The maximum Gasteiger partial charge on any atom is 0.303 e. The third-order valence-corrected chi connectivity index (χ3v) is 3.61. The van der Waals surface area contributed by atoms with E-state index in [1.54, 1.807) is 12.1 Å². The van der Waals surface area contributed by atoms with Crippen LogP contribution in [-0.2, 0) is 4.79 Å². The normalized spacial score (nSPS) is 11.2. The fourth-order valence-corrected chi connectivity index (χ4v) is 2.48. The zero-order valence-corrected chi connectivity index (χ0v) is 12.9. The Kier molecular flexibility index (Phi) is 4.52. The number of carbonyl (C=O) groups excluding carboxylic acids is 1. The SMILES string of the molecule is O=C(O)CCC(=O)n1c(C=Cc2ccccc2)nc2ccccc21. The number of imidazole rings is 1. The molecule has 0 fully saturated rings. The van der Waals surface area contributed by atoms with E-state index in [9.17, 15) is 9.59 Å². The van der Waals surface area contributed by atoms with Crippen LogP contribution in [0.5, 0.6) is 0 Å². The number of hydrogen-bond acceptors (Lipinski definition) is 3. The molecule has 24 heavy (non-hydrogen) atoms. The molecule has 3 rings (SSSR count). The minimum Gasteiger partial charge on any atom is -0.481 e. The van der Waals surface area contributed by atoms with Crippen molar-refractivity contribution in [3.05, 3.63) is 66.0 Å². The molecule has 0 aliphatic carbocycles. The number of aliphatic carboxylic acids is 1. The molecule has 120 valence electrons. The van der Waals surface area contributed by atoms with Crippen LogP contribution in [0.25, 0.3) is 23.2 Å². The molecule has 0 aliphatic heterocycles. The molecule has 1 heterocycles. The molecule has 2 aromatic carbocycles.